The van der Waals surface area contributed by atoms with Crippen molar-refractivity contribution >= 4 is 23.3 Å². The van der Waals surface area contributed by atoms with Crippen LogP contribution in [0.5, 0.6) is 0 Å². The van der Waals surface area contributed by atoms with Crippen LogP contribution in [0, 0.1) is 0 Å². The molecule has 1 aliphatic carbocycles. The lowest BCUT2D eigenvalue weighted by molar-refractivity contribution is -0.142. The lowest BCUT2D eigenvalue weighted by Crippen LogP contribution is -2.50. The summed E-state index contributed by atoms with van der Waals surface area (Å²) in [5.41, 5.74) is 4.25. The van der Waals surface area contributed by atoms with Gasteiger partial charge in [-0.25, -0.2) is 13.8 Å². The molecule has 2 atom stereocenters. The van der Waals surface area contributed by atoms with Gasteiger partial charge in [0.2, 0.25) is 0 Å². The highest BCUT2D eigenvalue weighted by Gasteiger charge is 2.40. The molecule has 140 valence electrons. The van der Waals surface area contributed by atoms with Crippen LogP contribution < -0.4 is 0 Å². The lowest BCUT2D eigenvalue weighted by atomic mass is 9.98. The van der Waals surface area contributed by atoms with Crippen LogP contribution in [0.3, 0.4) is 0 Å². The number of carbonyl (C=O) groups excluding carboxylic acids is 1. The quantitative estimate of drug-likeness (QED) is 0.870. The second-order valence-electron chi connectivity index (χ2n) is 6.31. The molecule has 2 aromatic carbocycles. The third-order valence-electron chi connectivity index (χ3n) is 4.82. The third-order valence-corrected chi connectivity index (χ3v) is 5.91. The maximum Gasteiger partial charge on any atom is 0.424 e. The topological polar surface area (TPSA) is 93.1 Å². The van der Waals surface area contributed by atoms with E-state index in [9.17, 15) is 18.9 Å². The number of hydrogen-bond donors (Lipinski definition) is 1. The lowest BCUT2D eigenvalue weighted by Gasteiger charge is -2.30. The van der Waals surface area contributed by atoms with Crippen LogP contribution in [0.4, 0.5) is 4.79 Å². The number of ether oxygens (including phenoxy) is 1. The van der Waals surface area contributed by atoms with Gasteiger partial charge in [0.1, 0.15) is 6.61 Å². The van der Waals surface area contributed by atoms with Crippen LogP contribution in [0.25, 0.3) is 11.1 Å². The Hall–Kier alpha value is -2.71. The maximum absolute atomic E-state index is 12.5. The van der Waals surface area contributed by atoms with Crippen molar-refractivity contribution in [1.29, 1.82) is 0 Å². The number of benzene rings is 2. The summed E-state index contributed by atoms with van der Waals surface area (Å²) >= 11 is -2.17. The van der Waals surface area contributed by atoms with E-state index < -0.39 is 29.4 Å². The molecule has 1 N–H and O–H groups in total. The van der Waals surface area contributed by atoms with Gasteiger partial charge >= 0.3 is 12.1 Å². The largest absolute Gasteiger partial charge is 0.480 e. The molecule has 1 heterocycles. The number of rotatable bonds is 3. The summed E-state index contributed by atoms with van der Waals surface area (Å²) in [7, 11) is 0. The Kier molecular flexibility index (Phi) is 4.67. The predicted molar refractivity (Wildman–Crippen MR) is 97.0 cm³/mol. The van der Waals surface area contributed by atoms with Gasteiger partial charge in [-0.15, -0.1) is 0 Å². The fourth-order valence-corrected chi connectivity index (χ4v) is 4.51. The number of carboxylic acids is 1. The van der Waals surface area contributed by atoms with Crippen molar-refractivity contribution in [2.75, 3.05) is 13.2 Å². The van der Waals surface area contributed by atoms with E-state index >= 15 is 0 Å². The van der Waals surface area contributed by atoms with Crippen molar-refractivity contribution in [2.45, 2.75) is 18.4 Å². The second-order valence-corrected chi connectivity index (χ2v) is 7.37. The molecular weight excluding hydrogens is 370 g/mol. The Morgan fingerprint density at radius 1 is 1.11 bits per heavy atom. The number of aliphatic carboxylic acids is 1. The standard InChI is InChI=1S/C19H17NO6S/c21-18(22)17-9-10-26-27(24)20(17)19(23)25-11-16-14-7-3-1-5-12(14)13-6-2-4-8-15(13)16/h1-8,16-17H,9-11H2,(H,21,22). The van der Waals surface area contributed by atoms with Crippen LogP contribution in [-0.4, -0.2) is 44.9 Å². The minimum atomic E-state index is -2.17. The smallest absolute Gasteiger partial charge is 0.424 e. The molecule has 4 rings (SSSR count). The molecular formula is C19H17NO6S. The molecule has 0 radical (unpaired) electrons. The number of fused-ring (bicyclic) bond motifs is 3. The molecule has 0 spiro atoms. The summed E-state index contributed by atoms with van der Waals surface area (Å²) in [6.07, 6.45) is -0.895. The highest BCUT2D eigenvalue weighted by Crippen LogP contribution is 2.44. The average molecular weight is 387 g/mol. The zero-order valence-electron chi connectivity index (χ0n) is 14.2. The Morgan fingerprint density at radius 3 is 2.30 bits per heavy atom. The molecule has 1 amide bonds. The number of nitrogens with zero attached hydrogens (tertiary/aromatic N) is 1. The van der Waals surface area contributed by atoms with Gasteiger partial charge in [0, 0.05) is 12.3 Å². The monoisotopic (exact) mass is 387 g/mol. The van der Waals surface area contributed by atoms with Gasteiger partial charge in [-0.1, -0.05) is 48.5 Å². The van der Waals surface area contributed by atoms with Crippen LogP contribution in [0.2, 0.25) is 0 Å². The van der Waals surface area contributed by atoms with Crippen LogP contribution in [-0.2, 0) is 25.0 Å². The predicted octanol–water partition coefficient (Wildman–Crippen LogP) is 2.69. The average Bonchev–Trinajstić information content (AvgIpc) is 3.00. The van der Waals surface area contributed by atoms with Gasteiger partial charge in [0.15, 0.2) is 6.04 Å². The summed E-state index contributed by atoms with van der Waals surface area (Å²) in [6.45, 7) is 0.0314. The summed E-state index contributed by atoms with van der Waals surface area (Å²) in [4.78, 5) is 23.8. The van der Waals surface area contributed by atoms with Gasteiger partial charge in [-0.2, -0.15) is 4.31 Å². The van der Waals surface area contributed by atoms with Crippen molar-refractivity contribution in [3.8, 4) is 11.1 Å². The molecule has 2 aromatic rings. The summed E-state index contributed by atoms with van der Waals surface area (Å²) in [5.74, 6) is -1.40. The normalized spacial score (nSPS) is 21.4. The fraction of sp³-hybridized carbons (Fsp3) is 0.263. The molecule has 0 aromatic heterocycles. The molecule has 7 nitrogen and oxygen atoms in total. The summed E-state index contributed by atoms with van der Waals surface area (Å²) < 4.78 is 22.9. The van der Waals surface area contributed by atoms with Gasteiger partial charge in [0.25, 0.3) is 11.3 Å². The van der Waals surface area contributed by atoms with Gasteiger partial charge < -0.3 is 9.84 Å². The molecule has 27 heavy (non-hydrogen) atoms. The van der Waals surface area contributed by atoms with E-state index in [-0.39, 0.29) is 25.6 Å². The molecule has 0 bridgehead atoms. The Balaban J connectivity index is 1.56. The molecule has 1 fully saturated rings. The molecule has 8 heteroatoms. The zero-order chi connectivity index (χ0) is 19.0. The minimum Gasteiger partial charge on any atom is -0.480 e. The van der Waals surface area contributed by atoms with E-state index in [0.717, 1.165) is 22.3 Å². The van der Waals surface area contributed by atoms with Gasteiger partial charge in [0.05, 0.1) is 6.61 Å². The first kappa shape index (κ1) is 17.7. The summed E-state index contributed by atoms with van der Waals surface area (Å²) in [5, 5.41) is 9.28. The first-order valence-corrected chi connectivity index (χ1v) is 9.53. The van der Waals surface area contributed by atoms with Crippen molar-refractivity contribution < 1.29 is 27.8 Å². The highest BCUT2D eigenvalue weighted by atomic mass is 32.2. The Morgan fingerprint density at radius 2 is 1.70 bits per heavy atom. The van der Waals surface area contributed by atoms with Crippen molar-refractivity contribution in [3.05, 3.63) is 59.7 Å². The van der Waals surface area contributed by atoms with Gasteiger partial charge in [-0.05, 0) is 22.3 Å². The third kappa shape index (κ3) is 3.11. The van der Waals surface area contributed by atoms with E-state index in [1.54, 1.807) is 0 Å². The second kappa shape index (κ2) is 7.13. The maximum atomic E-state index is 12.5. The first-order valence-electron chi connectivity index (χ1n) is 8.50. The Bertz CT molecular complexity index is 884. The minimum absolute atomic E-state index is 0.0106. The Labute approximate surface area is 158 Å². The van der Waals surface area contributed by atoms with Crippen molar-refractivity contribution in [1.82, 2.24) is 4.31 Å². The molecule has 1 saturated heterocycles. The van der Waals surface area contributed by atoms with E-state index in [0.29, 0.717) is 4.31 Å². The van der Waals surface area contributed by atoms with E-state index in [1.165, 1.54) is 0 Å². The molecule has 1 aliphatic heterocycles. The fourth-order valence-electron chi connectivity index (χ4n) is 3.58. The highest BCUT2D eigenvalue weighted by molar-refractivity contribution is 7.78. The number of amides is 1. The summed E-state index contributed by atoms with van der Waals surface area (Å²) in [6, 6.07) is 14.5. The van der Waals surface area contributed by atoms with Crippen LogP contribution in [0.1, 0.15) is 23.5 Å². The number of hydrogen-bond acceptors (Lipinski definition) is 5. The van der Waals surface area contributed by atoms with E-state index in [4.69, 9.17) is 8.92 Å². The molecule has 2 aliphatic rings. The number of carboxylic acid groups (broad SMARTS) is 1. The van der Waals surface area contributed by atoms with Crippen molar-refractivity contribution in [3.63, 3.8) is 0 Å². The van der Waals surface area contributed by atoms with E-state index in [1.807, 2.05) is 48.5 Å². The van der Waals surface area contributed by atoms with Crippen LogP contribution >= 0.6 is 0 Å². The van der Waals surface area contributed by atoms with Crippen molar-refractivity contribution in [2.24, 2.45) is 0 Å². The SMILES string of the molecule is O=C(O)C1CCOS(=O)N1C(=O)OCC1c2ccccc2-c2ccccc21. The number of carbonyl (C=O) groups is 2. The molecule has 2 unspecified atom stereocenters. The van der Waals surface area contributed by atoms with E-state index in [2.05, 4.69) is 0 Å². The van der Waals surface area contributed by atoms with Crippen LogP contribution in [0.15, 0.2) is 48.5 Å². The first-order chi connectivity index (χ1) is 13.1. The zero-order valence-corrected chi connectivity index (χ0v) is 15.1. The molecule has 0 saturated carbocycles. The van der Waals surface area contributed by atoms with Gasteiger partial charge in [-0.3, -0.25) is 4.18 Å².